The van der Waals surface area contributed by atoms with E-state index in [1.54, 1.807) is 0 Å². The van der Waals surface area contributed by atoms with Crippen LogP contribution >= 0.6 is 0 Å². The monoisotopic (exact) mass is 339 g/mol. The first-order chi connectivity index (χ1) is 11.6. The maximum atomic E-state index is 12.1. The van der Waals surface area contributed by atoms with Gasteiger partial charge in [0.25, 0.3) is 0 Å². The van der Waals surface area contributed by atoms with E-state index in [-0.39, 0.29) is 24.7 Å². The maximum absolute atomic E-state index is 12.1. The Morgan fingerprint density at radius 1 is 1.12 bits per heavy atom. The molecule has 0 spiro atoms. The van der Waals surface area contributed by atoms with Gasteiger partial charge in [-0.3, -0.25) is 0 Å². The average Bonchev–Trinajstić information content (AvgIpc) is 2.56. The van der Waals surface area contributed by atoms with E-state index in [0.29, 0.717) is 5.92 Å². The zero-order valence-electron chi connectivity index (χ0n) is 15.6. The van der Waals surface area contributed by atoms with Gasteiger partial charge in [-0.25, -0.2) is 4.79 Å². The molecule has 0 aromatic rings. The van der Waals surface area contributed by atoms with Crippen LogP contribution < -0.4 is 10.6 Å². The second-order valence-corrected chi connectivity index (χ2v) is 8.21. The third-order valence-corrected chi connectivity index (χ3v) is 5.48. The van der Waals surface area contributed by atoms with Gasteiger partial charge in [-0.1, -0.05) is 33.1 Å². The van der Waals surface area contributed by atoms with Crippen LogP contribution in [0.15, 0.2) is 0 Å². The van der Waals surface area contributed by atoms with Crippen molar-refractivity contribution in [3.63, 3.8) is 0 Å². The topological polar surface area (TPSA) is 64.6 Å². The number of nitrogens with one attached hydrogen (secondary N) is 2. The van der Waals surface area contributed by atoms with Gasteiger partial charge < -0.3 is 20.6 Å². The van der Waals surface area contributed by atoms with Gasteiger partial charge in [0.05, 0.1) is 12.6 Å². The molecule has 2 fully saturated rings. The summed E-state index contributed by atoms with van der Waals surface area (Å²) in [4.78, 5) is 14.7. The molecule has 1 atom stereocenters. The lowest BCUT2D eigenvalue weighted by atomic mass is 9.88. The number of hydrogen-bond donors (Lipinski definition) is 3. The highest BCUT2D eigenvalue weighted by Crippen LogP contribution is 2.25. The molecule has 0 radical (unpaired) electrons. The van der Waals surface area contributed by atoms with Crippen molar-refractivity contribution >= 4 is 6.03 Å². The van der Waals surface area contributed by atoms with E-state index in [9.17, 15) is 9.90 Å². The largest absolute Gasteiger partial charge is 0.394 e. The van der Waals surface area contributed by atoms with E-state index in [0.717, 1.165) is 38.3 Å². The SMILES string of the molecule is CC(C)CC(CO)NC(=O)NC1CCN(CC2CCCCC2)CC1. The van der Waals surface area contributed by atoms with E-state index < -0.39 is 0 Å². The molecule has 1 saturated carbocycles. The second-order valence-electron chi connectivity index (χ2n) is 8.21. The Morgan fingerprint density at radius 3 is 2.38 bits per heavy atom. The lowest BCUT2D eigenvalue weighted by molar-refractivity contribution is 0.154. The Labute approximate surface area is 147 Å². The molecule has 2 rings (SSSR count). The highest BCUT2D eigenvalue weighted by molar-refractivity contribution is 5.74. The number of likely N-dealkylation sites (tertiary alicyclic amines) is 1. The number of aliphatic hydroxyl groups excluding tert-OH is 1. The summed E-state index contributed by atoms with van der Waals surface area (Å²) in [5.41, 5.74) is 0. The molecule has 0 bridgehead atoms. The Morgan fingerprint density at radius 2 is 1.79 bits per heavy atom. The molecule has 1 heterocycles. The Bertz CT molecular complexity index is 362. The summed E-state index contributed by atoms with van der Waals surface area (Å²) >= 11 is 0. The van der Waals surface area contributed by atoms with Gasteiger partial charge in [0.15, 0.2) is 0 Å². The van der Waals surface area contributed by atoms with Crippen LogP contribution in [-0.4, -0.2) is 54.4 Å². The molecule has 3 N–H and O–H groups in total. The summed E-state index contributed by atoms with van der Waals surface area (Å²) in [5, 5.41) is 15.4. The molecule has 2 aliphatic rings. The zero-order chi connectivity index (χ0) is 17.4. The van der Waals surface area contributed by atoms with Gasteiger partial charge in [0.1, 0.15) is 0 Å². The number of nitrogens with zero attached hydrogens (tertiary/aromatic N) is 1. The Kier molecular flexibility index (Phi) is 8.33. The zero-order valence-corrected chi connectivity index (χ0v) is 15.6. The number of hydrogen-bond acceptors (Lipinski definition) is 3. The van der Waals surface area contributed by atoms with E-state index in [2.05, 4.69) is 29.4 Å². The van der Waals surface area contributed by atoms with Crippen LogP contribution in [0.3, 0.4) is 0 Å². The van der Waals surface area contributed by atoms with Gasteiger partial charge in [-0.2, -0.15) is 0 Å². The molecule has 1 saturated heterocycles. The van der Waals surface area contributed by atoms with Crippen LogP contribution in [0.2, 0.25) is 0 Å². The number of urea groups is 1. The second kappa shape index (κ2) is 10.2. The quantitative estimate of drug-likeness (QED) is 0.668. The lowest BCUT2D eigenvalue weighted by Gasteiger charge is -2.35. The number of aliphatic hydroxyl groups is 1. The summed E-state index contributed by atoms with van der Waals surface area (Å²) in [6, 6.07) is 0.00261. The number of carbonyl (C=O) groups is 1. The molecule has 5 heteroatoms. The van der Waals surface area contributed by atoms with Gasteiger partial charge in [-0.05, 0) is 43.9 Å². The van der Waals surface area contributed by atoms with Crippen LogP contribution in [0.1, 0.15) is 65.2 Å². The third kappa shape index (κ3) is 6.98. The standard InChI is InChI=1S/C19H37N3O2/c1-15(2)12-18(14-23)21-19(24)20-17-8-10-22(11-9-17)13-16-6-4-3-5-7-16/h15-18,23H,3-14H2,1-2H3,(H2,20,21,24). The first-order valence-electron chi connectivity index (χ1n) is 9.97. The molecule has 5 nitrogen and oxygen atoms in total. The van der Waals surface area contributed by atoms with Gasteiger partial charge in [0, 0.05) is 25.7 Å². The summed E-state index contributed by atoms with van der Waals surface area (Å²) in [7, 11) is 0. The fraction of sp³-hybridized carbons (Fsp3) is 0.947. The highest BCUT2D eigenvalue weighted by atomic mass is 16.3. The summed E-state index contributed by atoms with van der Waals surface area (Å²) in [5.74, 6) is 1.36. The molecule has 1 aliphatic heterocycles. The Balaban J connectivity index is 1.63. The minimum absolute atomic E-state index is 0.00539. The van der Waals surface area contributed by atoms with Crippen molar-refractivity contribution in [3.05, 3.63) is 0 Å². The van der Waals surface area contributed by atoms with Crippen molar-refractivity contribution in [1.29, 1.82) is 0 Å². The maximum Gasteiger partial charge on any atom is 0.315 e. The van der Waals surface area contributed by atoms with Crippen molar-refractivity contribution in [2.45, 2.75) is 77.3 Å². The summed E-state index contributed by atoms with van der Waals surface area (Å²) in [6.45, 7) is 7.65. The van der Waals surface area contributed by atoms with Crippen molar-refractivity contribution in [1.82, 2.24) is 15.5 Å². The van der Waals surface area contributed by atoms with E-state index in [4.69, 9.17) is 0 Å². The molecular weight excluding hydrogens is 302 g/mol. The highest BCUT2D eigenvalue weighted by Gasteiger charge is 2.24. The first kappa shape index (κ1) is 19.5. The smallest absolute Gasteiger partial charge is 0.315 e. The number of piperidine rings is 1. The fourth-order valence-corrected chi connectivity index (χ4v) is 4.16. The molecule has 1 unspecified atom stereocenters. The summed E-state index contributed by atoms with van der Waals surface area (Å²) in [6.07, 6.45) is 9.92. The number of rotatable bonds is 7. The molecule has 0 aromatic heterocycles. The molecule has 0 aromatic carbocycles. The minimum atomic E-state index is -0.142. The van der Waals surface area contributed by atoms with Crippen molar-refractivity contribution in [3.8, 4) is 0 Å². The third-order valence-electron chi connectivity index (χ3n) is 5.48. The van der Waals surface area contributed by atoms with E-state index in [1.807, 2.05) is 0 Å². The van der Waals surface area contributed by atoms with Crippen LogP contribution in [0.5, 0.6) is 0 Å². The average molecular weight is 340 g/mol. The normalized spacial score (nSPS) is 22.5. The van der Waals surface area contributed by atoms with E-state index >= 15 is 0 Å². The van der Waals surface area contributed by atoms with Gasteiger partial charge >= 0.3 is 6.03 Å². The number of carbonyl (C=O) groups excluding carboxylic acids is 1. The Hall–Kier alpha value is -0.810. The van der Waals surface area contributed by atoms with Gasteiger partial charge in [-0.15, -0.1) is 0 Å². The van der Waals surface area contributed by atoms with Crippen molar-refractivity contribution in [2.75, 3.05) is 26.2 Å². The first-order valence-corrected chi connectivity index (χ1v) is 9.97. The molecule has 2 amide bonds. The lowest BCUT2D eigenvalue weighted by Crippen LogP contribution is -2.51. The van der Waals surface area contributed by atoms with Crippen LogP contribution in [0.25, 0.3) is 0 Å². The predicted molar refractivity (Wildman–Crippen MR) is 98.0 cm³/mol. The summed E-state index contributed by atoms with van der Waals surface area (Å²) < 4.78 is 0. The predicted octanol–water partition coefficient (Wildman–Crippen LogP) is 2.74. The van der Waals surface area contributed by atoms with E-state index in [1.165, 1.54) is 38.6 Å². The van der Waals surface area contributed by atoms with Crippen molar-refractivity contribution < 1.29 is 9.90 Å². The number of amides is 2. The van der Waals surface area contributed by atoms with Crippen LogP contribution in [0, 0.1) is 11.8 Å². The molecule has 24 heavy (non-hydrogen) atoms. The fourth-order valence-electron chi connectivity index (χ4n) is 4.16. The molecular formula is C19H37N3O2. The van der Waals surface area contributed by atoms with Crippen LogP contribution in [0.4, 0.5) is 4.79 Å². The minimum Gasteiger partial charge on any atom is -0.394 e. The van der Waals surface area contributed by atoms with Crippen molar-refractivity contribution in [2.24, 2.45) is 11.8 Å². The molecule has 140 valence electrons. The van der Waals surface area contributed by atoms with Crippen LogP contribution in [-0.2, 0) is 0 Å². The van der Waals surface area contributed by atoms with Gasteiger partial charge in [0.2, 0.25) is 0 Å². The molecule has 1 aliphatic carbocycles.